The Hall–Kier alpha value is -1.18. The first-order valence-electron chi connectivity index (χ1n) is 4.35. The van der Waals surface area contributed by atoms with E-state index in [2.05, 4.69) is 11.8 Å². The topological polar surface area (TPSA) is 17.1 Å². The number of alkyl halides is 3. The van der Waals surface area contributed by atoms with Gasteiger partial charge in [-0.25, -0.2) is 0 Å². The fourth-order valence-electron chi connectivity index (χ4n) is 1.04. The molecule has 0 N–H and O–H groups in total. The summed E-state index contributed by atoms with van der Waals surface area (Å²) in [4.78, 5) is 10.0. The van der Waals surface area contributed by atoms with E-state index >= 15 is 0 Å². The molecule has 0 aliphatic rings. The summed E-state index contributed by atoms with van der Waals surface area (Å²) < 4.78 is 37.2. The molecule has 1 nitrogen and oxygen atoms in total. The predicted octanol–water partition coefficient (Wildman–Crippen LogP) is 3.95. The molecule has 1 rings (SSSR count). The van der Waals surface area contributed by atoms with Gasteiger partial charge in [-0.2, -0.15) is 13.2 Å². The highest BCUT2D eigenvalue weighted by molar-refractivity contribution is 6.36. The first kappa shape index (κ1) is 13.9. The minimum atomic E-state index is -4.51. The van der Waals surface area contributed by atoms with Crippen LogP contribution in [0.4, 0.5) is 13.2 Å². The van der Waals surface area contributed by atoms with E-state index in [1.165, 1.54) is 0 Å². The quantitative estimate of drug-likeness (QED) is 0.562. The molecular formula is C11H5Cl2F3O. The predicted molar refractivity (Wildman–Crippen MR) is 59.0 cm³/mol. The zero-order valence-corrected chi connectivity index (χ0v) is 9.75. The van der Waals surface area contributed by atoms with E-state index in [0.29, 0.717) is 6.29 Å². The van der Waals surface area contributed by atoms with E-state index < -0.39 is 11.7 Å². The maximum atomic E-state index is 12.4. The Labute approximate surface area is 106 Å². The Morgan fingerprint density at radius 3 is 2.18 bits per heavy atom. The van der Waals surface area contributed by atoms with Crippen molar-refractivity contribution in [1.29, 1.82) is 0 Å². The number of hydrogen-bond acceptors (Lipinski definition) is 1. The summed E-state index contributed by atoms with van der Waals surface area (Å²) in [5.74, 6) is 4.87. The van der Waals surface area contributed by atoms with E-state index in [1.807, 2.05) is 0 Å². The van der Waals surface area contributed by atoms with Gasteiger partial charge in [0, 0.05) is 0 Å². The second-order valence-electron chi connectivity index (χ2n) is 2.99. The van der Waals surface area contributed by atoms with Gasteiger partial charge in [0.05, 0.1) is 27.6 Å². The molecule has 0 aliphatic heterocycles. The van der Waals surface area contributed by atoms with Crippen LogP contribution in [0.1, 0.15) is 17.5 Å². The van der Waals surface area contributed by atoms with E-state index in [4.69, 9.17) is 23.2 Å². The lowest BCUT2D eigenvalue weighted by molar-refractivity contribution is -0.137. The summed E-state index contributed by atoms with van der Waals surface area (Å²) in [7, 11) is 0. The molecule has 6 heteroatoms. The molecule has 17 heavy (non-hydrogen) atoms. The summed E-state index contributed by atoms with van der Waals surface area (Å²) >= 11 is 11.3. The first-order valence-corrected chi connectivity index (χ1v) is 5.10. The summed E-state index contributed by atoms with van der Waals surface area (Å²) in [6.07, 6.45) is -3.98. The molecule has 1 aromatic carbocycles. The molecule has 1 aromatic rings. The molecule has 0 amide bonds. The van der Waals surface area contributed by atoms with E-state index in [1.54, 1.807) is 0 Å². The molecule has 0 aliphatic carbocycles. The monoisotopic (exact) mass is 280 g/mol. The molecule has 90 valence electrons. The van der Waals surface area contributed by atoms with Gasteiger partial charge in [0.25, 0.3) is 0 Å². The van der Waals surface area contributed by atoms with Crippen LogP contribution in [-0.2, 0) is 11.0 Å². The van der Waals surface area contributed by atoms with Crippen LogP contribution in [0.2, 0.25) is 10.0 Å². The fraction of sp³-hybridized carbons (Fsp3) is 0.182. The third-order valence-electron chi connectivity index (χ3n) is 1.77. The van der Waals surface area contributed by atoms with Gasteiger partial charge >= 0.3 is 6.18 Å². The van der Waals surface area contributed by atoms with Crippen molar-refractivity contribution in [1.82, 2.24) is 0 Å². The summed E-state index contributed by atoms with van der Waals surface area (Å²) in [6.45, 7) is 0. The van der Waals surface area contributed by atoms with Crippen molar-refractivity contribution in [2.75, 3.05) is 0 Å². The van der Waals surface area contributed by atoms with Gasteiger partial charge in [0.1, 0.15) is 6.29 Å². The minimum Gasteiger partial charge on any atom is -0.302 e. The normalized spacial score (nSPS) is 10.6. The number of carbonyl (C=O) groups excluding carboxylic acids is 1. The largest absolute Gasteiger partial charge is 0.416 e. The summed E-state index contributed by atoms with van der Waals surface area (Å²) in [5.41, 5.74) is -0.850. The maximum Gasteiger partial charge on any atom is 0.416 e. The lowest BCUT2D eigenvalue weighted by Crippen LogP contribution is -2.05. The maximum absolute atomic E-state index is 12.4. The Morgan fingerprint density at radius 2 is 1.76 bits per heavy atom. The fourth-order valence-corrected chi connectivity index (χ4v) is 1.62. The van der Waals surface area contributed by atoms with Gasteiger partial charge < -0.3 is 4.79 Å². The summed E-state index contributed by atoms with van der Waals surface area (Å²) in [6, 6.07) is 1.50. The lowest BCUT2D eigenvalue weighted by Gasteiger charge is -2.09. The average Bonchev–Trinajstić information content (AvgIpc) is 2.20. The number of hydrogen-bond donors (Lipinski definition) is 0. The van der Waals surface area contributed by atoms with Crippen LogP contribution in [-0.4, -0.2) is 6.29 Å². The molecule has 0 saturated carbocycles. The van der Waals surface area contributed by atoms with E-state index in [-0.39, 0.29) is 22.0 Å². The van der Waals surface area contributed by atoms with Gasteiger partial charge in [-0.05, 0) is 12.1 Å². The zero-order valence-electron chi connectivity index (χ0n) is 8.24. The number of halogens is 5. The van der Waals surface area contributed by atoms with Crippen LogP contribution in [0.3, 0.4) is 0 Å². The highest BCUT2D eigenvalue weighted by atomic mass is 35.5. The van der Waals surface area contributed by atoms with Crippen LogP contribution in [0.15, 0.2) is 12.1 Å². The van der Waals surface area contributed by atoms with Crippen LogP contribution >= 0.6 is 23.2 Å². The lowest BCUT2D eigenvalue weighted by atomic mass is 10.1. The van der Waals surface area contributed by atoms with Gasteiger partial charge in [-0.3, -0.25) is 0 Å². The molecule has 0 spiro atoms. The van der Waals surface area contributed by atoms with Gasteiger partial charge in [-0.15, -0.1) is 0 Å². The van der Waals surface area contributed by atoms with Crippen LogP contribution < -0.4 is 0 Å². The zero-order chi connectivity index (χ0) is 13.1. The SMILES string of the molecule is O=CCC#Cc1c(Cl)cc(C(F)(F)F)cc1Cl. The molecule has 0 atom stereocenters. The highest BCUT2D eigenvalue weighted by Crippen LogP contribution is 2.35. The highest BCUT2D eigenvalue weighted by Gasteiger charge is 2.31. The Morgan fingerprint density at radius 1 is 1.24 bits per heavy atom. The van der Waals surface area contributed by atoms with Crippen LogP contribution in [0.25, 0.3) is 0 Å². The van der Waals surface area contributed by atoms with Crippen molar-refractivity contribution >= 4 is 29.5 Å². The molecular weight excluding hydrogens is 276 g/mol. The number of rotatable bonds is 1. The van der Waals surface area contributed by atoms with E-state index in [9.17, 15) is 18.0 Å². The Kier molecular flexibility index (Phi) is 4.44. The summed E-state index contributed by atoms with van der Waals surface area (Å²) in [5, 5.41) is -0.383. The van der Waals surface area contributed by atoms with Crippen molar-refractivity contribution in [2.24, 2.45) is 0 Å². The second-order valence-corrected chi connectivity index (χ2v) is 3.80. The molecule has 0 unspecified atom stereocenters. The number of carbonyl (C=O) groups is 1. The van der Waals surface area contributed by atoms with Gasteiger partial charge in [0.15, 0.2) is 0 Å². The molecule has 0 aromatic heterocycles. The van der Waals surface area contributed by atoms with E-state index in [0.717, 1.165) is 12.1 Å². The standard InChI is InChI=1S/C11H5Cl2F3O/c12-9-5-7(11(14,15)16)6-10(13)8(9)3-1-2-4-17/h4-6H,2H2. The number of aldehydes is 1. The second kappa shape index (κ2) is 5.44. The van der Waals surface area contributed by atoms with Crippen LogP contribution in [0, 0.1) is 11.8 Å². The van der Waals surface area contributed by atoms with Crippen LogP contribution in [0.5, 0.6) is 0 Å². The van der Waals surface area contributed by atoms with Crippen molar-refractivity contribution in [2.45, 2.75) is 12.6 Å². The number of benzene rings is 1. The third kappa shape index (κ3) is 3.65. The molecule has 0 radical (unpaired) electrons. The first-order chi connectivity index (χ1) is 7.86. The third-order valence-corrected chi connectivity index (χ3v) is 2.36. The van der Waals surface area contributed by atoms with Crippen molar-refractivity contribution in [3.63, 3.8) is 0 Å². The van der Waals surface area contributed by atoms with Gasteiger partial charge in [-0.1, -0.05) is 35.0 Å². The van der Waals surface area contributed by atoms with Crippen molar-refractivity contribution in [3.05, 3.63) is 33.3 Å². The molecule has 0 heterocycles. The smallest absolute Gasteiger partial charge is 0.302 e. The Bertz CT molecular complexity index is 475. The van der Waals surface area contributed by atoms with Crippen molar-refractivity contribution < 1.29 is 18.0 Å². The average molecular weight is 281 g/mol. The van der Waals surface area contributed by atoms with Gasteiger partial charge in [0.2, 0.25) is 0 Å². The molecule has 0 bridgehead atoms. The Balaban J connectivity index is 3.21. The molecule has 0 saturated heterocycles. The molecule has 0 fully saturated rings. The minimum absolute atomic E-state index is 0.0340. The van der Waals surface area contributed by atoms with Crippen molar-refractivity contribution in [3.8, 4) is 11.8 Å².